The average molecular weight is 344 g/mol. The molecule has 3 aromatic rings. The Balaban J connectivity index is 1.79. The zero-order valence-electron chi connectivity index (χ0n) is 15.1. The fraction of sp³-hybridized carbons (Fsp3) is 0.208. The highest BCUT2D eigenvalue weighted by molar-refractivity contribution is 5.86. The number of allylic oxidation sites excluding steroid dienone is 1. The van der Waals surface area contributed by atoms with E-state index in [-0.39, 0.29) is 11.9 Å². The third-order valence-electron chi connectivity index (χ3n) is 4.50. The number of hydrogen-bond donors (Lipinski definition) is 0. The van der Waals surface area contributed by atoms with Gasteiger partial charge >= 0.3 is 5.97 Å². The zero-order chi connectivity index (χ0) is 18.2. The molecule has 2 heteroatoms. The molecule has 0 amide bonds. The molecule has 0 aliphatic carbocycles. The maximum Gasteiger partial charge on any atom is 0.309 e. The SMILES string of the molecule is CCOC(=O)C(CC=Cc1ccccc1)Cc1cccc2ccccc12. The number of rotatable bonds is 7. The number of benzene rings is 3. The molecule has 0 fully saturated rings. The Bertz CT molecular complexity index is 876. The second-order valence-electron chi connectivity index (χ2n) is 6.34. The van der Waals surface area contributed by atoms with E-state index in [9.17, 15) is 4.79 Å². The maximum atomic E-state index is 12.5. The van der Waals surface area contributed by atoms with E-state index in [1.807, 2.05) is 37.3 Å². The molecule has 0 aliphatic heterocycles. The van der Waals surface area contributed by atoms with E-state index in [1.54, 1.807) is 0 Å². The Labute approximate surface area is 155 Å². The van der Waals surface area contributed by atoms with Crippen molar-refractivity contribution in [1.82, 2.24) is 0 Å². The smallest absolute Gasteiger partial charge is 0.309 e. The first-order chi connectivity index (χ1) is 12.8. The molecule has 0 bridgehead atoms. The number of carbonyl (C=O) groups excluding carboxylic acids is 1. The fourth-order valence-electron chi connectivity index (χ4n) is 3.19. The lowest BCUT2D eigenvalue weighted by atomic mass is 9.92. The molecule has 0 aromatic heterocycles. The summed E-state index contributed by atoms with van der Waals surface area (Å²) in [6.07, 6.45) is 5.48. The summed E-state index contributed by atoms with van der Waals surface area (Å²) in [5.74, 6) is -0.307. The summed E-state index contributed by atoms with van der Waals surface area (Å²) in [7, 11) is 0. The average Bonchev–Trinajstić information content (AvgIpc) is 2.68. The first kappa shape index (κ1) is 17.9. The minimum Gasteiger partial charge on any atom is -0.466 e. The van der Waals surface area contributed by atoms with Gasteiger partial charge in [-0.25, -0.2) is 0 Å². The first-order valence-electron chi connectivity index (χ1n) is 9.13. The molecular formula is C24H24O2. The minimum absolute atomic E-state index is 0.127. The van der Waals surface area contributed by atoms with Crippen LogP contribution in [0.25, 0.3) is 16.8 Å². The van der Waals surface area contributed by atoms with E-state index in [0.29, 0.717) is 19.4 Å². The van der Waals surface area contributed by atoms with E-state index in [1.165, 1.54) is 16.3 Å². The summed E-state index contributed by atoms with van der Waals surface area (Å²) >= 11 is 0. The molecule has 0 saturated heterocycles. The molecule has 1 atom stereocenters. The largest absolute Gasteiger partial charge is 0.466 e. The Morgan fingerprint density at radius 3 is 2.50 bits per heavy atom. The molecule has 0 aliphatic rings. The maximum absolute atomic E-state index is 12.5. The van der Waals surface area contributed by atoms with Gasteiger partial charge in [-0.2, -0.15) is 0 Å². The normalized spacial score (nSPS) is 12.3. The van der Waals surface area contributed by atoms with Crippen molar-refractivity contribution in [1.29, 1.82) is 0 Å². The van der Waals surface area contributed by atoms with E-state index >= 15 is 0 Å². The lowest BCUT2D eigenvalue weighted by molar-refractivity contribution is -0.147. The van der Waals surface area contributed by atoms with Gasteiger partial charge in [0, 0.05) is 0 Å². The van der Waals surface area contributed by atoms with Crippen LogP contribution >= 0.6 is 0 Å². The van der Waals surface area contributed by atoms with E-state index in [0.717, 1.165) is 5.56 Å². The molecule has 0 spiro atoms. The van der Waals surface area contributed by atoms with Gasteiger partial charge in [-0.1, -0.05) is 84.9 Å². The third kappa shape index (κ3) is 4.60. The van der Waals surface area contributed by atoms with Gasteiger partial charge in [0.25, 0.3) is 0 Å². The van der Waals surface area contributed by atoms with Crippen LogP contribution in [0.4, 0.5) is 0 Å². The Kier molecular flexibility index (Phi) is 6.21. The van der Waals surface area contributed by atoms with Crippen LogP contribution in [0.15, 0.2) is 78.9 Å². The molecule has 0 N–H and O–H groups in total. The van der Waals surface area contributed by atoms with Gasteiger partial charge in [0.15, 0.2) is 0 Å². The fourth-order valence-corrected chi connectivity index (χ4v) is 3.19. The highest BCUT2D eigenvalue weighted by Gasteiger charge is 2.20. The van der Waals surface area contributed by atoms with Crippen molar-refractivity contribution in [2.24, 2.45) is 5.92 Å². The molecule has 2 nitrogen and oxygen atoms in total. The van der Waals surface area contributed by atoms with Gasteiger partial charge in [-0.15, -0.1) is 0 Å². The molecule has 1 unspecified atom stereocenters. The van der Waals surface area contributed by atoms with Crippen molar-refractivity contribution in [2.45, 2.75) is 19.8 Å². The molecule has 0 heterocycles. The Morgan fingerprint density at radius 2 is 1.69 bits per heavy atom. The number of fused-ring (bicyclic) bond motifs is 1. The number of carbonyl (C=O) groups is 1. The number of hydrogen-bond acceptors (Lipinski definition) is 2. The van der Waals surface area contributed by atoms with Crippen molar-refractivity contribution < 1.29 is 9.53 Å². The van der Waals surface area contributed by atoms with Gasteiger partial charge < -0.3 is 4.74 Å². The predicted molar refractivity (Wildman–Crippen MR) is 108 cm³/mol. The molecule has 3 aromatic carbocycles. The quantitative estimate of drug-likeness (QED) is 0.517. The summed E-state index contributed by atoms with van der Waals surface area (Å²) in [5, 5.41) is 2.41. The molecule has 132 valence electrons. The van der Waals surface area contributed by atoms with Gasteiger partial charge in [0.2, 0.25) is 0 Å². The number of ether oxygens (including phenoxy) is 1. The molecule has 0 radical (unpaired) electrons. The Hall–Kier alpha value is -2.87. The van der Waals surface area contributed by atoms with E-state index in [2.05, 4.69) is 54.6 Å². The number of esters is 1. The molecule has 3 rings (SSSR count). The topological polar surface area (TPSA) is 26.3 Å². The van der Waals surface area contributed by atoms with Gasteiger partial charge in [0.1, 0.15) is 0 Å². The predicted octanol–water partition coefficient (Wildman–Crippen LogP) is 5.67. The first-order valence-corrected chi connectivity index (χ1v) is 9.13. The van der Waals surface area contributed by atoms with Crippen molar-refractivity contribution in [3.8, 4) is 0 Å². The van der Waals surface area contributed by atoms with Crippen molar-refractivity contribution in [2.75, 3.05) is 6.61 Å². The minimum atomic E-state index is -0.180. The van der Waals surface area contributed by atoms with Crippen LogP contribution in [-0.2, 0) is 16.0 Å². The highest BCUT2D eigenvalue weighted by atomic mass is 16.5. The second-order valence-corrected chi connectivity index (χ2v) is 6.34. The van der Waals surface area contributed by atoms with E-state index < -0.39 is 0 Å². The Morgan fingerprint density at radius 1 is 0.962 bits per heavy atom. The molecule has 26 heavy (non-hydrogen) atoms. The highest BCUT2D eigenvalue weighted by Crippen LogP contribution is 2.23. The van der Waals surface area contributed by atoms with Gasteiger partial charge in [0.05, 0.1) is 12.5 Å². The third-order valence-corrected chi connectivity index (χ3v) is 4.50. The zero-order valence-corrected chi connectivity index (χ0v) is 15.1. The van der Waals surface area contributed by atoms with Crippen LogP contribution in [-0.4, -0.2) is 12.6 Å². The van der Waals surface area contributed by atoms with Gasteiger partial charge in [-0.3, -0.25) is 4.79 Å². The lowest BCUT2D eigenvalue weighted by Crippen LogP contribution is -2.19. The van der Waals surface area contributed by atoms with Crippen molar-refractivity contribution in [3.63, 3.8) is 0 Å². The summed E-state index contributed by atoms with van der Waals surface area (Å²) in [5.41, 5.74) is 2.33. The second kappa shape index (κ2) is 9.00. The monoisotopic (exact) mass is 344 g/mol. The lowest BCUT2D eigenvalue weighted by Gasteiger charge is -2.15. The summed E-state index contributed by atoms with van der Waals surface area (Å²) in [4.78, 5) is 12.5. The van der Waals surface area contributed by atoms with E-state index in [4.69, 9.17) is 4.74 Å². The molecular weight excluding hydrogens is 320 g/mol. The van der Waals surface area contributed by atoms with Crippen LogP contribution < -0.4 is 0 Å². The van der Waals surface area contributed by atoms with Crippen LogP contribution in [0.2, 0.25) is 0 Å². The van der Waals surface area contributed by atoms with Crippen LogP contribution in [0.5, 0.6) is 0 Å². The van der Waals surface area contributed by atoms with Crippen LogP contribution in [0, 0.1) is 5.92 Å². The van der Waals surface area contributed by atoms with Gasteiger partial charge in [-0.05, 0) is 41.7 Å². The summed E-state index contributed by atoms with van der Waals surface area (Å²) in [6, 6.07) is 24.7. The van der Waals surface area contributed by atoms with Crippen molar-refractivity contribution in [3.05, 3.63) is 90.0 Å². The van der Waals surface area contributed by atoms with Crippen LogP contribution in [0.3, 0.4) is 0 Å². The standard InChI is InChI=1S/C24H24O2/c1-2-26-24(25)22(16-8-12-19-10-4-3-5-11-19)18-21-15-9-14-20-13-6-7-17-23(20)21/h3-15,17,22H,2,16,18H2,1H3. The van der Waals surface area contributed by atoms with Crippen LogP contribution in [0.1, 0.15) is 24.5 Å². The molecule has 0 saturated carbocycles. The summed E-state index contributed by atoms with van der Waals surface area (Å²) < 4.78 is 5.32. The summed E-state index contributed by atoms with van der Waals surface area (Å²) in [6.45, 7) is 2.26. The van der Waals surface area contributed by atoms with Crippen molar-refractivity contribution >= 4 is 22.8 Å².